The molecule has 0 aliphatic carbocycles. The normalized spacial score (nSPS) is 12.7. The summed E-state index contributed by atoms with van der Waals surface area (Å²) >= 11 is 0. The molecule has 0 bridgehead atoms. The van der Waals surface area contributed by atoms with Gasteiger partial charge in [-0.2, -0.15) is 0 Å². The van der Waals surface area contributed by atoms with Gasteiger partial charge in [0.1, 0.15) is 17.3 Å². The molecule has 0 spiro atoms. The lowest BCUT2D eigenvalue weighted by Gasteiger charge is -2.28. The Morgan fingerprint density at radius 3 is 1.87 bits per heavy atom. The Balaban J connectivity index is 4.96. The lowest BCUT2D eigenvalue weighted by atomic mass is 9.84. The zero-order chi connectivity index (χ0) is 18.6. The maximum Gasteiger partial charge on any atom is 0.412 e. The zero-order valence-electron chi connectivity index (χ0n) is 13.7. The van der Waals surface area contributed by atoms with Gasteiger partial charge < -0.3 is 20.3 Å². The van der Waals surface area contributed by atoms with Crippen molar-refractivity contribution >= 4 is 23.9 Å². The molecule has 0 rings (SSSR count). The minimum atomic E-state index is -1.77. The van der Waals surface area contributed by atoms with E-state index in [1.165, 1.54) is 0 Å². The second-order valence-corrected chi connectivity index (χ2v) is 6.38. The van der Waals surface area contributed by atoms with Crippen LogP contribution in [0.2, 0.25) is 0 Å². The summed E-state index contributed by atoms with van der Waals surface area (Å²) in [6, 6.07) is -1.72. The molecule has 0 aromatic carbocycles. The lowest BCUT2D eigenvalue weighted by molar-refractivity contribution is -0.157. The van der Waals surface area contributed by atoms with Crippen LogP contribution in [-0.4, -0.2) is 45.8 Å². The number of alkyl carbamates (subject to hydrolysis) is 1. The van der Waals surface area contributed by atoms with E-state index in [1.54, 1.807) is 20.8 Å². The van der Waals surface area contributed by atoms with Crippen molar-refractivity contribution in [2.75, 3.05) is 0 Å². The molecular formula is C14H22N2O7. The van der Waals surface area contributed by atoms with Crippen molar-refractivity contribution in [3.05, 3.63) is 12.3 Å². The van der Waals surface area contributed by atoms with Gasteiger partial charge in [-0.25, -0.2) is 9.59 Å². The highest BCUT2D eigenvalue weighted by Crippen LogP contribution is 2.21. The van der Waals surface area contributed by atoms with E-state index >= 15 is 0 Å². The van der Waals surface area contributed by atoms with Gasteiger partial charge in [0.2, 0.25) is 0 Å². The molecule has 2 amide bonds. The number of rotatable bonds is 6. The van der Waals surface area contributed by atoms with E-state index in [0.717, 1.165) is 13.8 Å². The Labute approximate surface area is 133 Å². The fraction of sp³-hybridized carbons (Fsp3) is 0.571. The van der Waals surface area contributed by atoms with Crippen LogP contribution >= 0.6 is 0 Å². The molecule has 0 aromatic heterocycles. The lowest BCUT2D eigenvalue weighted by Crippen LogP contribution is -2.54. The second kappa shape index (κ2) is 7.12. The molecule has 130 valence electrons. The van der Waals surface area contributed by atoms with Gasteiger partial charge in [0, 0.05) is 0 Å². The molecule has 0 saturated carbocycles. The van der Waals surface area contributed by atoms with E-state index < -0.39 is 46.7 Å². The average molecular weight is 330 g/mol. The Kier molecular flexibility index (Phi) is 6.32. The zero-order valence-corrected chi connectivity index (χ0v) is 13.7. The predicted octanol–water partition coefficient (Wildman–Crippen LogP) is 0.705. The topological polar surface area (TPSA) is 142 Å². The van der Waals surface area contributed by atoms with E-state index in [4.69, 9.17) is 14.9 Å². The van der Waals surface area contributed by atoms with Crippen LogP contribution in [0.3, 0.4) is 0 Å². The number of carbonyl (C=O) groups is 4. The molecule has 0 aromatic rings. The largest absolute Gasteiger partial charge is 0.481 e. The first-order valence-corrected chi connectivity index (χ1v) is 6.64. The van der Waals surface area contributed by atoms with Crippen molar-refractivity contribution in [1.82, 2.24) is 10.6 Å². The molecule has 0 saturated heterocycles. The Morgan fingerprint density at radius 2 is 1.52 bits per heavy atom. The number of aliphatic carboxylic acids is 2. The summed E-state index contributed by atoms with van der Waals surface area (Å²) in [6.07, 6.45) is -0.943. The highest BCUT2D eigenvalue weighted by atomic mass is 16.6. The van der Waals surface area contributed by atoms with Gasteiger partial charge in [0.25, 0.3) is 5.91 Å². The van der Waals surface area contributed by atoms with Crippen LogP contribution in [0.15, 0.2) is 12.3 Å². The van der Waals surface area contributed by atoms with Gasteiger partial charge in [-0.3, -0.25) is 14.9 Å². The summed E-state index contributed by atoms with van der Waals surface area (Å²) in [5, 5.41) is 22.2. The van der Waals surface area contributed by atoms with Gasteiger partial charge in [0.15, 0.2) is 0 Å². The van der Waals surface area contributed by atoms with E-state index in [9.17, 15) is 19.2 Å². The van der Waals surface area contributed by atoms with Gasteiger partial charge in [-0.05, 0) is 34.6 Å². The number of hydrogen-bond acceptors (Lipinski definition) is 5. The molecule has 0 aliphatic rings. The second-order valence-electron chi connectivity index (χ2n) is 6.38. The number of hydrogen-bond donors (Lipinski definition) is 4. The number of carboxylic acid groups (broad SMARTS) is 2. The molecule has 0 heterocycles. The highest BCUT2D eigenvalue weighted by Gasteiger charge is 2.43. The van der Waals surface area contributed by atoms with Crippen molar-refractivity contribution < 1.29 is 34.1 Å². The highest BCUT2D eigenvalue weighted by molar-refractivity contribution is 5.99. The quantitative estimate of drug-likeness (QED) is 0.525. The summed E-state index contributed by atoms with van der Waals surface area (Å²) in [7, 11) is 0. The van der Waals surface area contributed by atoms with Crippen molar-refractivity contribution in [1.29, 1.82) is 0 Å². The molecule has 1 atom stereocenters. The summed E-state index contributed by atoms with van der Waals surface area (Å²) < 4.78 is 4.92. The van der Waals surface area contributed by atoms with Crippen LogP contribution < -0.4 is 10.6 Å². The van der Waals surface area contributed by atoms with Gasteiger partial charge in [-0.1, -0.05) is 6.58 Å². The molecular weight excluding hydrogens is 308 g/mol. The van der Waals surface area contributed by atoms with Crippen molar-refractivity contribution in [2.45, 2.75) is 46.3 Å². The van der Waals surface area contributed by atoms with Crippen LogP contribution in [-0.2, 0) is 19.1 Å². The Bertz CT molecular complexity index is 532. The third-order valence-electron chi connectivity index (χ3n) is 2.72. The first kappa shape index (κ1) is 20.4. The molecule has 0 fully saturated rings. The third kappa shape index (κ3) is 6.37. The number of amides is 2. The predicted molar refractivity (Wildman–Crippen MR) is 79.5 cm³/mol. The maximum absolute atomic E-state index is 11.9. The molecule has 9 nitrogen and oxygen atoms in total. The molecule has 0 radical (unpaired) electrons. The molecule has 23 heavy (non-hydrogen) atoms. The smallest absolute Gasteiger partial charge is 0.412 e. The van der Waals surface area contributed by atoms with Crippen molar-refractivity contribution in [3.63, 3.8) is 0 Å². The van der Waals surface area contributed by atoms with Crippen molar-refractivity contribution in [3.8, 4) is 0 Å². The van der Waals surface area contributed by atoms with Crippen LogP contribution in [0.5, 0.6) is 0 Å². The molecule has 4 N–H and O–H groups in total. The minimum Gasteiger partial charge on any atom is -0.481 e. The molecule has 0 aliphatic heterocycles. The first-order chi connectivity index (χ1) is 10.2. The fourth-order valence-corrected chi connectivity index (χ4v) is 1.38. The molecule has 0 unspecified atom stereocenters. The number of carboxylic acids is 2. The van der Waals surface area contributed by atoms with E-state index in [2.05, 4.69) is 11.9 Å². The number of carbonyl (C=O) groups excluding carboxylic acids is 2. The number of ether oxygens (including phenoxy) is 1. The third-order valence-corrected chi connectivity index (χ3v) is 2.72. The van der Waals surface area contributed by atoms with Crippen molar-refractivity contribution in [2.24, 2.45) is 5.41 Å². The van der Waals surface area contributed by atoms with E-state index in [1.807, 2.05) is 5.32 Å². The average Bonchev–Trinajstić information content (AvgIpc) is 2.31. The summed E-state index contributed by atoms with van der Waals surface area (Å²) in [5.74, 6) is -3.97. The number of nitrogens with one attached hydrogen (secondary N) is 2. The SMILES string of the molecule is C=C(NC(=O)OC(C)(C)C)C(=O)N[C@H](C(=O)O)C(C)(C)C(=O)O. The summed E-state index contributed by atoms with van der Waals surface area (Å²) in [5.41, 5.74) is -3.03. The Morgan fingerprint density at radius 1 is 1.04 bits per heavy atom. The fourth-order valence-electron chi connectivity index (χ4n) is 1.38. The van der Waals surface area contributed by atoms with E-state index in [-0.39, 0.29) is 0 Å². The van der Waals surface area contributed by atoms with Gasteiger partial charge in [0.05, 0.1) is 5.41 Å². The minimum absolute atomic E-state index is 0.466. The summed E-state index contributed by atoms with van der Waals surface area (Å²) in [6.45, 7) is 10.5. The standard InChI is InChI=1S/C14H22N2O7/c1-7(15-12(22)23-13(2,3)4)9(17)16-8(10(18)19)14(5,6)11(20)21/h8H,1H2,2-6H3,(H,15,22)(H,16,17)(H,18,19)(H,20,21)/t8-/m1/s1. The first-order valence-electron chi connectivity index (χ1n) is 6.64. The van der Waals surface area contributed by atoms with E-state index in [0.29, 0.717) is 0 Å². The maximum atomic E-state index is 11.9. The van der Waals surface area contributed by atoms with Crippen LogP contribution in [0, 0.1) is 5.41 Å². The van der Waals surface area contributed by atoms with Crippen LogP contribution in [0.4, 0.5) is 4.79 Å². The summed E-state index contributed by atoms with van der Waals surface area (Å²) in [4.78, 5) is 45.7. The monoisotopic (exact) mass is 330 g/mol. The van der Waals surface area contributed by atoms with Crippen LogP contribution in [0.25, 0.3) is 0 Å². The van der Waals surface area contributed by atoms with Crippen LogP contribution in [0.1, 0.15) is 34.6 Å². The Hall–Kier alpha value is -2.58. The van der Waals surface area contributed by atoms with Gasteiger partial charge >= 0.3 is 18.0 Å². The van der Waals surface area contributed by atoms with Gasteiger partial charge in [-0.15, -0.1) is 0 Å². The molecule has 9 heteroatoms.